The minimum atomic E-state index is -1.33. The molecule has 1 atom stereocenters. The molecule has 0 aromatic heterocycles. The first kappa shape index (κ1) is 18.2. The van der Waals surface area contributed by atoms with Crippen molar-refractivity contribution < 1.29 is 19.5 Å². The van der Waals surface area contributed by atoms with Crippen LogP contribution in [0.1, 0.15) is 40.5 Å². The molecule has 7 nitrogen and oxygen atoms in total. The van der Waals surface area contributed by atoms with E-state index in [1.807, 2.05) is 20.8 Å². The van der Waals surface area contributed by atoms with Gasteiger partial charge in [-0.05, 0) is 19.3 Å². The molecule has 0 aromatic rings. The number of hydrogen-bond donors (Lipinski definition) is 4. The second-order valence-corrected chi connectivity index (χ2v) is 5.39. The molecule has 4 N–H and O–H groups in total. The van der Waals surface area contributed by atoms with Crippen LogP contribution >= 0.6 is 0 Å². The van der Waals surface area contributed by atoms with Crippen molar-refractivity contribution in [3.63, 3.8) is 0 Å². The standard InChI is InChI=1S/C13H25N3O4/c1-5-6-13(4,11(18)19)16-12(20)15-8-10(17)14-7-9(2)3/h9H,5-8H2,1-4H3,(H,14,17)(H,18,19)(H2,15,16,20). The second-order valence-electron chi connectivity index (χ2n) is 5.39. The number of carboxylic acid groups (broad SMARTS) is 1. The van der Waals surface area contributed by atoms with E-state index in [1.54, 1.807) is 0 Å². The molecule has 0 aromatic carbocycles. The lowest BCUT2D eigenvalue weighted by Crippen LogP contribution is -2.56. The smallest absolute Gasteiger partial charge is 0.329 e. The Morgan fingerprint density at radius 1 is 1.20 bits per heavy atom. The quantitative estimate of drug-likeness (QED) is 0.527. The van der Waals surface area contributed by atoms with E-state index in [0.29, 0.717) is 25.3 Å². The van der Waals surface area contributed by atoms with Crippen molar-refractivity contribution >= 4 is 17.9 Å². The molecule has 0 spiro atoms. The van der Waals surface area contributed by atoms with Crippen LogP contribution in [0.15, 0.2) is 0 Å². The number of hydrogen-bond acceptors (Lipinski definition) is 3. The average molecular weight is 287 g/mol. The van der Waals surface area contributed by atoms with Crippen molar-refractivity contribution in [2.24, 2.45) is 5.92 Å². The third-order valence-corrected chi connectivity index (χ3v) is 2.73. The zero-order valence-corrected chi connectivity index (χ0v) is 12.6. The molecular weight excluding hydrogens is 262 g/mol. The third-order valence-electron chi connectivity index (χ3n) is 2.73. The fourth-order valence-corrected chi connectivity index (χ4v) is 1.56. The van der Waals surface area contributed by atoms with E-state index in [0.717, 1.165) is 0 Å². The van der Waals surface area contributed by atoms with Gasteiger partial charge in [0.15, 0.2) is 0 Å². The number of amides is 3. The lowest BCUT2D eigenvalue weighted by atomic mass is 9.97. The molecule has 20 heavy (non-hydrogen) atoms. The van der Waals surface area contributed by atoms with Crippen molar-refractivity contribution in [2.75, 3.05) is 13.1 Å². The van der Waals surface area contributed by atoms with Gasteiger partial charge in [-0.1, -0.05) is 27.2 Å². The minimum Gasteiger partial charge on any atom is -0.480 e. The Morgan fingerprint density at radius 3 is 2.25 bits per heavy atom. The Balaban J connectivity index is 4.21. The van der Waals surface area contributed by atoms with Gasteiger partial charge in [-0.3, -0.25) is 4.79 Å². The highest BCUT2D eigenvalue weighted by Crippen LogP contribution is 2.12. The van der Waals surface area contributed by atoms with Gasteiger partial charge >= 0.3 is 12.0 Å². The first-order valence-corrected chi connectivity index (χ1v) is 6.77. The summed E-state index contributed by atoms with van der Waals surface area (Å²) in [5.41, 5.74) is -1.33. The molecule has 0 saturated carbocycles. The highest BCUT2D eigenvalue weighted by Gasteiger charge is 2.33. The van der Waals surface area contributed by atoms with E-state index in [9.17, 15) is 14.4 Å². The van der Waals surface area contributed by atoms with Crippen LogP contribution in [0, 0.1) is 5.92 Å². The van der Waals surface area contributed by atoms with Gasteiger partial charge in [-0.15, -0.1) is 0 Å². The molecule has 3 amide bonds. The number of aliphatic carboxylic acids is 1. The number of nitrogens with one attached hydrogen (secondary N) is 3. The van der Waals surface area contributed by atoms with Crippen molar-refractivity contribution in [2.45, 2.75) is 46.1 Å². The SMILES string of the molecule is CCCC(C)(NC(=O)NCC(=O)NCC(C)C)C(=O)O. The fourth-order valence-electron chi connectivity index (χ4n) is 1.56. The Morgan fingerprint density at radius 2 is 1.80 bits per heavy atom. The highest BCUT2D eigenvalue weighted by atomic mass is 16.4. The van der Waals surface area contributed by atoms with Crippen molar-refractivity contribution in [3.05, 3.63) is 0 Å². The minimum absolute atomic E-state index is 0.180. The largest absolute Gasteiger partial charge is 0.480 e. The molecule has 0 aliphatic heterocycles. The van der Waals surface area contributed by atoms with Crippen LogP contribution in [0.2, 0.25) is 0 Å². The first-order valence-electron chi connectivity index (χ1n) is 6.77. The van der Waals surface area contributed by atoms with Gasteiger partial charge in [-0.25, -0.2) is 9.59 Å². The maximum Gasteiger partial charge on any atom is 0.329 e. The van der Waals surface area contributed by atoms with Crippen LogP contribution in [-0.4, -0.2) is 41.6 Å². The molecule has 116 valence electrons. The number of rotatable bonds is 8. The average Bonchev–Trinajstić information content (AvgIpc) is 2.33. The summed E-state index contributed by atoms with van der Waals surface area (Å²) in [6, 6.07) is -0.664. The topological polar surface area (TPSA) is 108 Å². The van der Waals surface area contributed by atoms with Crippen molar-refractivity contribution in [1.82, 2.24) is 16.0 Å². The maximum atomic E-state index is 11.6. The van der Waals surface area contributed by atoms with Gasteiger partial charge in [0.25, 0.3) is 0 Å². The summed E-state index contributed by atoms with van der Waals surface area (Å²) in [4.78, 5) is 34.2. The van der Waals surface area contributed by atoms with Gasteiger partial charge in [-0.2, -0.15) is 0 Å². The summed E-state index contributed by atoms with van der Waals surface area (Å²) in [5, 5.41) is 16.5. The molecule has 0 aliphatic rings. The van der Waals surface area contributed by atoms with E-state index in [2.05, 4.69) is 16.0 Å². The number of carbonyl (C=O) groups is 3. The van der Waals surface area contributed by atoms with E-state index in [-0.39, 0.29) is 12.5 Å². The molecule has 0 bridgehead atoms. The maximum absolute atomic E-state index is 11.6. The summed E-state index contributed by atoms with van der Waals surface area (Å²) < 4.78 is 0. The van der Waals surface area contributed by atoms with Gasteiger partial charge < -0.3 is 21.1 Å². The summed E-state index contributed by atoms with van der Waals surface area (Å²) in [5.74, 6) is -1.08. The van der Waals surface area contributed by atoms with E-state index >= 15 is 0 Å². The summed E-state index contributed by atoms with van der Waals surface area (Å²) in [6.07, 6.45) is 0.938. The van der Waals surface area contributed by atoms with Gasteiger partial charge in [0.1, 0.15) is 5.54 Å². The second kappa shape index (κ2) is 8.39. The molecule has 0 rings (SSSR count). The summed E-state index contributed by atoms with van der Waals surface area (Å²) in [7, 11) is 0. The van der Waals surface area contributed by atoms with Crippen LogP contribution in [0.3, 0.4) is 0 Å². The molecule has 0 aliphatic carbocycles. The molecule has 0 fully saturated rings. The van der Waals surface area contributed by atoms with Crippen LogP contribution in [0.5, 0.6) is 0 Å². The Labute approximate surface area is 119 Å². The molecular formula is C13H25N3O4. The van der Waals surface area contributed by atoms with Gasteiger partial charge in [0.05, 0.1) is 6.54 Å². The normalized spacial score (nSPS) is 13.4. The molecule has 0 radical (unpaired) electrons. The zero-order valence-electron chi connectivity index (χ0n) is 12.6. The Bertz CT molecular complexity index is 358. The summed E-state index contributed by atoms with van der Waals surface area (Å²) in [6.45, 7) is 7.55. The molecule has 0 saturated heterocycles. The lowest BCUT2D eigenvalue weighted by Gasteiger charge is -2.25. The predicted octanol–water partition coefficient (Wildman–Crippen LogP) is 0.701. The van der Waals surface area contributed by atoms with Crippen LogP contribution in [0.4, 0.5) is 4.79 Å². The molecule has 7 heteroatoms. The monoisotopic (exact) mass is 287 g/mol. The third kappa shape index (κ3) is 6.96. The van der Waals surface area contributed by atoms with E-state index in [4.69, 9.17) is 5.11 Å². The van der Waals surface area contributed by atoms with E-state index < -0.39 is 17.5 Å². The number of carbonyl (C=O) groups excluding carboxylic acids is 2. The van der Waals surface area contributed by atoms with Crippen molar-refractivity contribution in [1.29, 1.82) is 0 Å². The molecule has 1 unspecified atom stereocenters. The van der Waals surface area contributed by atoms with Crippen LogP contribution in [0.25, 0.3) is 0 Å². The number of urea groups is 1. The Hall–Kier alpha value is -1.79. The number of carboxylic acids is 1. The predicted molar refractivity (Wildman–Crippen MR) is 75.3 cm³/mol. The van der Waals surface area contributed by atoms with Crippen LogP contribution < -0.4 is 16.0 Å². The van der Waals surface area contributed by atoms with E-state index in [1.165, 1.54) is 6.92 Å². The van der Waals surface area contributed by atoms with Gasteiger partial charge in [0, 0.05) is 6.54 Å². The Kier molecular flexibility index (Phi) is 7.64. The zero-order chi connectivity index (χ0) is 15.8. The summed E-state index contributed by atoms with van der Waals surface area (Å²) >= 11 is 0. The van der Waals surface area contributed by atoms with Crippen molar-refractivity contribution in [3.8, 4) is 0 Å². The first-order chi connectivity index (χ1) is 9.21. The van der Waals surface area contributed by atoms with Gasteiger partial charge in [0.2, 0.25) is 5.91 Å². The fraction of sp³-hybridized carbons (Fsp3) is 0.769. The van der Waals surface area contributed by atoms with Crippen LogP contribution in [-0.2, 0) is 9.59 Å². The molecule has 0 heterocycles. The lowest BCUT2D eigenvalue weighted by molar-refractivity contribution is -0.144. The highest BCUT2D eigenvalue weighted by molar-refractivity contribution is 5.88.